The lowest BCUT2D eigenvalue weighted by Crippen LogP contribution is -2.23. The van der Waals surface area contributed by atoms with Gasteiger partial charge in [-0.15, -0.1) is 0 Å². The fourth-order valence-corrected chi connectivity index (χ4v) is 3.17. The monoisotopic (exact) mass is 294 g/mol. The van der Waals surface area contributed by atoms with Crippen LogP contribution in [0, 0.1) is 0 Å². The van der Waals surface area contributed by atoms with E-state index < -0.39 is 0 Å². The minimum atomic E-state index is 0.109. The molecule has 2 aromatic rings. The lowest BCUT2D eigenvalue weighted by molar-refractivity contribution is 0.452. The van der Waals surface area contributed by atoms with Gasteiger partial charge in [-0.3, -0.25) is 0 Å². The highest BCUT2D eigenvalue weighted by Crippen LogP contribution is 2.43. The van der Waals surface area contributed by atoms with E-state index in [-0.39, 0.29) is 10.8 Å². The number of rotatable bonds is 0. The molecule has 3 rings (SSSR count). The molecule has 1 aliphatic rings. The number of hydrogen-bond donors (Lipinski definition) is 0. The van der Waals surface area contributed by atoms with Crippen molar-refractivity contribution in [3.8, 4) is 11.5 Å². The first-order valence-electron chi connectivity index (χ1n) is 8.10. The summed E-state index contributed by atoms with van der Waals surface area (Å²) < 4.78 is 6.18. The first-order valence-corrected chi connectivity index (χ1v) is 8.10. The Labute approximate surface area is 134 Å². The second kappa shape index (κ2) is 4.87. The van der Waals surface area contributed by atoms with Crippen molar-refractivity contribution < 1.29 is 4.74 Å². The minimum absolute atomic E-state index is 0.109. The van der Waals surface area contributed by atoms with Crippen LogP contribution in [0.4, 0.5) is 0 Å². The summed E-state index contributed by atoms with van der Waals surface area (Å²) >= 11 is 0. The molecule has 1 aliphatic heterocycles. The molecule has 0 spiro atoms. The topological polar surface area (TPSA) is 9.23 Å². The SMILES string of the molecule is CC(C)(C)c1cc2c(cc1C(C)(C)C)Oc1ccccc1C2. The number of para-hydroxylation sites is 1. The van der Waals surface area contributed by atoms with E-state index in [0.717, 1.165) is 17.9 Å². The van der Waals surface area contributed by atoms with Crippen LogP contribution in [0.25, 0.3) is 0 Å². The number of hydrogen-bond acceptors (Lipinski definition) is 1. The lowest BCUT2D eigenvalue weighted by Gasteiger charge is -2.33. The minimum Gasteiger partial charge on any atom is -0.457 e. The number of fused-ring (bicyclic) bond motifs is 2. The van der Waals surface area contributed by atoms with Gasteiger partial charge < -0.3 is 4.74 Å². The Bertz CT molecular complexity index is 650. The summed E-state index contributed by atoms with van der Waals surface area (Å²) in [6, 6.07) is 13.0. The van der Waals surface area contributed by atoms with E-state index in [0.29, 0.717) is 0 Å². The molecule has 0 atom stereocenters. The fraction of sp³-hybridized carbons (Fsp3) is 0.429. The molecule has 1 heteroatoms. The Morgan fingerprint density at radius 1 is 0.727 bits per heavy atom. The zero-order valence-corrected chi connectivity index (χ0v) is 14.6. The van der Waals surface area contributed by atoms with E-state index in [2.05, 4.69) is 71.9 Å². The summed E-state index contributed by atoms with van der Waals surface area (Å²) in [5, 5.41) is 0. The molecular weight excluding hydrogens is 268 g/mol. The quantitative estimate of drug-likeness (QED) is 0.495. The van der Waals surface area contributed by atoms with Crippen molar-refractivity contribution in [1.82, 2.24) is 0 Å². The zero-order valence-electron chi connectivity index (χ0n) is 14.6. The molecule has 1 nitrogen and oxygen atoms in total. The smallest absolute Gasteiger partial charge is 0.131 e. The van der Waals surface area contributed by atoms with Crippen LogP contribution >= 0.6 is 0 Å². The molecule has 0 aliphatic carbocycles. The van der Waals surface area contributed by atoms with Crippen LogP contribution in [0.1, 0.15) is 63.8 Å². The average Bonchev–Trinajstić information content (AvgIpc) is 2.41. The first kappa shape index (κ1) is 15.1. The average molecular weight is 294 g/mol. The van der Waals surface area contributed by atoms with Gasteiger partial charge in [-0.05, 0) is 45.2 Å². The molecular formula is C21H26O. The third-order valence-corrected chi connectivity index (χ3v) is 4.39. The van der Waals surface area contributed by atoms with Crippen LogP contribution in [0.3, 0.4) is 0 Å². The number of ether oxygens (including phenoxy) is 1. The van der Waals surface area contributed by atoms with Crippen LogP contribution in [0.15, 0.2) is 36.4 Å². The summed E-state index contributed by atoms with van der Waals surface area (Å²) in [5.74, 6) is 2.02. The molecule has 0 aromatic heterocycles. The highest BCUT2D eigenvalue weighted by Gasteiger charge is 2.28. The Kier molecular flexibility index (Phi) is 3.36. The fourth-order valence-electron chi connectivity index (χ4n) is 3.17. The lowest BCUT2D eigenvalue weighted by atomic mass is 9.74. The van der Waals surface area contributed by atoms with Gasteiger partial charge in [-0.2, -0.15) is 0 Å². The molecule has 2 aromatic carbocycles. The maximum absolute atomic E-state index is 6.18. The van der Waals surface area contributed by atoms with E-state index in [1.54, 1.807) is 0 Å². The molecule has 0 N–H and O–H groups in total. The first-order chi connectivity index (χ1) is 10.2. The molecule has 0 bridgehead atoms. The summed E-state index contributed by atoms with van der Waals surface area (Å²) in [7, 11) is 0. The second-order valence-corrected chi connectivity index (χ2v) is 8.39. The van der Waals surface area contributed by atoms with Gasteiger partial charge >= 0.3 is 0 Å². The molecule has 22 heavy (non-hydrogen) atoms. The Balaban J connectivity index is 2.17. The van der Waals surface area contributed by atoms with Crippen molar-refractivity contribution in [2.24, 2.45) is 0 Å². The molecule has 0 fully saturated rings. The molecule has 0 amide bonds. The summed E-state index contributed by atoms with van der Waals surface area (Å²) in [5.41, 5.74) is 5.64. The third kappa shape index (κ3) is 2.65. The standard InChI is InChI=1S/C21H26O/c1-20(2,3)16-12-15-11-14-9-7-8-10-18(14)22-19(15)13-17(16)21(4,5)6/h7-10,12-13H,11H2,1-6H3. The van der Waals surface area contributed by atoms with Crippen molar-refractivity contribution in [1.29, 1.82) is 0 Å². The normalized spacial score (nSPS) is 14.1. The van der Waals surface area contributed by atoms with Gasteiger partial charge in [0.15, 0.2) is 0 Å². The van der Waals surface area contributed by atoms with Gasteiger partial charge in [0.1, 0.15) is 11.5 Å². The van der Waals surface area contributed by atoms with Gasteiger partial charge in [-0.1, -0.05) is 65.8 Å². The summed E-state index contributed by atoms with van der Waals surface area (Å²) in [4.78, 5) is 0. The highest BCUT2D eigenvalue weighted by atomic mass is 16.5. The van der Waals surface area contributed by atoms with E-state index >= 15 is 0 Å². The largest absolute Gasteiger partial charge is 0.457 e. The Hall–Kier alpha value is -1.76. The van der Waals surface area contributed by atoms with Crippen molar-refractivity contribution in [3.63, 3.8) is 0 Å². The van der Waals surface area contributed by atoms with Gasteiger partial charge in [-0.25, -0.2) is 0 Å². The Morgan fingerprint density at radius 2 is 1.32 bits per heavy atom. The zero-order chi connectivity index (χ0) is 16.1. The maximum atomic E-state index is 6.18. The van der Waals surface area contributed by atoms with E-state index in [4.69, 9.17) is 4.74 Å². The third-order valence-electron chi connectivity index (χ3n) is 4.39. The van der Waals surface area contributed by atoms with Crippen molar-refractivity contribution in [2.45, 2.75) is 58.8 Å². The van der Waals surface area contributed by atoms with Crippen molar-refractivity contribution in [3.05, 3.63) is 58.7 Å². The van der Waals surface area contributed by atoms with Crippen LogP contribution < -0.4 is 4.74 Å². The maximum Gasteiger partial charge on any atom is 0.131 e. The molecule has 0 saturated carbocycles. The predicted octanol–water partition coefficient (Wildman–Crippen LogP) is 5.98. The molecule has 1 heterocycles. The molecule has 0 radical (unpaired) electrons. The van der Waals surface area contributed by atoms with Crippen LogP contribution in [-0.2, 0) is 17.3 Å². The second-order valence-electron chi connectivity index (χ2n) is 8.39. The van der Waals surface area contributed by atoms with E-state index in [9.17, 15) is 0 Å². The van der Waals surface area contributed by atoms with Gasteiger partial charge in [0.25, 0.3) is 0 Å². The van der Waals surface area contributed by atoms with Crippen LogP contribution in [-0.4, -0.2) is 0 Å². The van der Waals surface area contributed by atoms with Gasteiger partial charge in [0.05, 0.1) is 0 Å². The summed E-state index contributed by atoms with van der Waals surface area (Å²) in [6.07, 6.45) is 0.957. The van der Waals surface area contributed by atoms with Crippen molar-refractivity contribution >= 4 is 0 Å². The highest BCUT2D eigenvalue weighted by molar-refractivity contribution is 5.55. The van der Waals surface area contributed by atoms with Crippen molar-refractivity contribution in [2.75, 3.05) is 0 Å². The predicted molar refractivity (Wildman–Crippen MR) is 93.2 cm³/mol. The molecule has 0 unspecified atom stereocenters. The number of benzene rings is 2. The molecule has 0 saturated heterocycles. The van der Waals surface area contributed by atoms with Crippen LogP contribution in [0.5, 0.6) is 11.5 Å². The summed E-state index contributed by atoms with van der Waals surface area (Å²) in [6.45, 7) is 13.7. The van der Waals surface area contributed by atoms with E-state index in [1.807, 2.05) is 6.07 Å². The van der Waals surface area contributed by atoms with E-state index in [1.165, 1.54) is 22.3 Å². The Morgan fingerprint density at radius 3 is 1.95 bits per heavy atom. The van der Waals surface area contributed by atoms with Gasteiger partial charge in [0.2, 0.25) is 0 Å². The van der Waals surface area contributed by atoms with Gasteiger partial charge in [0, 0.05) is 6.42 Å². The molecule has 116 valence electrons. The van der Waals surface area contributed by atoms with Crippen LogP contribution in [0.2, 0.25) is 0 Å².